The minimum absolute atomic E-state index is 0.207. The van der Waals surface area contributed by atoms with Crippen LogP contribution in [0.15, 0.2) is 29.8 Å². The Morgan fingerprint density at radius 2 is 2.00 bits per heavy atom. The maximum atomic E-state index is 9.18. The summed E-state index contributed by atoms with van der Waals surface area (Å²) in [6.45, 7) is 2.29. The number of hydrogen-bond acceptors (Lipinski definition) is 1. The first-order valence-electron chi connectivity index (χ1n) is 5.17. The summed E-state index contributed by atoms with van der Waals surface area (Å²) < 4.78 is 0. The van der Waals surface area contributed by atoms with E-state index in [0.29, 0.717) is 5.92 Å². The molecule has 74 valence electrons. The summed E-state index contributed by atoms with van der Waals surface area (Å²) in [6.07, 6.45) is 4.62. The normalized spacial score (nSPS) is 17.1. The minimum Gasteiger partial charge on any atom is -0.392 e. The van der Waals surface area contributed by atoms with Gasteiger partial charge in [-0.1, -0.05) is 35.9 Å². The zero-order chi connectivity index (χ0) is 9.97. The van der Waals surface area contributed by atoms with E-state index in [2.05, 4.69) is 37.3 Å². The third-order valence-electron chi connectivity index (χ3n) is 2.71. The van der Waals surface area contributed by atoms with Crippen LogP contribution in [-0.4, -0.2) is 11.7 Å². The predicted octanol–water partition coefficient (Wildman–Crippen LogP) is 2.78. The molecule has 0 radical (unpaired) electrons. The third kappa shape index (κ3) is 2.24. The fourth-order valence-corrected chi connectivity index (χ4v) is 1.62. The predicted molar refractivity (Wildman–Crippen MR) is 59.0 cm³/mol. The van der Waals surface area contributed by atoms with Crippen LogP contribution in [0, 0.1) is 12.8 Å². The minimum atomic E-state index is 0.207. The molecule has 1 heteroatoms. The molecule has 1 aliphatic carbocycles. The molecule has 0 saturated heterocycles. The Morgan fingerprint density at radius 3 is 2.50 bits per heavy atom. The van der Waals surface area contributed by atoms with Crippen LogP contribution in [0.4, 0.5) is 0 Å². The molecule has 1 fully saturated rings. The van der Waals surface area contributed by atoms with E-state index in [1.165, 1.54) is 29.5 Å². The molecule has 1 aliphatic rings. The van der Waals surface area contributed by atoms with Crippen LogP contribution in [0.25, 0.3) is 6.08 Å². The largest absolute Gasteiger partial charge is 0.392 e. The Balaban J connectivity index is 2.17. The van der Waals surface area contributed by atoms with Crippen LogP contribution < -0.4 is 0 Å². The summed E-state index contributed by atoms with van der Waals surface area (Å²) in [5.74, 6) is 0.654. The van der Waals surface area contributed by atoms with Gasteiger partial charge in [-0.25, -0.2) is 0 Å². The molecule has 0 bridgehead atoms. The Kier molecular flexibility index (Phi) is 2.69. The van der Waals surface area contributed by atoms with Crippen molar-refractivity contribution in [1.82, 2.24) is 0 Å². The highest BCUT2D eigenvalue weighted by Gasteiger charge is 2.24. The van der Waals surface area contributed by atoms with Gasteiger partial charge in [0, 0.05) is 0 Å². The maximum Gasteiger partial charge on any atom is 0.0647 e. The first-order valence-corrected chi connectivity index (χ1v) is 5.17. The van der Waals surface area contributed by atoms with E-state index in [-0.39, 0.29) is 6.61 Å². The summed E-state index contributed by atoms with van der Waals surface area (Å²) in [5.41, 5.74) is 3.67. The van der Waals surface area contributed by atoms with Gasteiger partial charge in [-0.2, -0.15) is 0 Å². The first kappa shape index (κ1) is 9.47. The molecule has 0 amide bonds. The molecule has 0 heterocycles. The van der Waals surface area contributed by atoms with Crippen molar-refractivity contribution in [2.45, 2.75) is 19.8 Å². The van der Waals surface area contributed by atoms with Crippen LogP contribution in [0.1, 0.15) is 24.0 Å². The highest BCUT2D eigenvalue weighted by Crippen LogP contribution is 2.36. The smallest absolute Gasteiger partial charge is 0.0647 e. The molecular formula is C13H16O. The number of hydrogen-bond donors (Lipinski definition) is 1. The van der Waals surface area contributed by atoms with Crippen molar-refractivity contribution in [1.29, 1.82) is 0 Å². The molecule has 1 saturated carbocycles. The average Bonchev–Trinajstić information content (AvgIpc) is 3.01. The van der Waals surface area contributed by atoms with E-state index in [1.54, 1.807) is 0 Å². The summed E-state index contributed by atoms with van der Waals surface area (Å²) in [6, 6.07) is 8.42. The number of benzene rings is 1. The lowest BCUT2D eigenvalue weighted by Crippen LogP contribution is -1.92. The van der Waals surface area contributed by atoms with Crippen molar-refractivity contribution in [2.75, 3.05) is 6.61 Å². The third-order valence-corrected chi connectivity index (χ3v) is 2.71. The van der Waals surface area contributed by atoms with E-state index in [9.17, 15) is 5.11 Å². The lowest BCUT2D eigenvalue weighted by atomic mass is 10.1. The molecule has 1 nitrogen and oxygen atoms in total. The number of aryl methyl sites for hydroxylation is 1. The van der Waals surface area contributed by atoms with Crippen molar-refractivity contribution < 1.29 is 5.11 Å². The fraction of sp³-hybridized carbons (Fsp3) is 0.385. The summed E-state index contributed by atoms with van der Waals surface area (Å²) in [4.78, 5) is 0. The van der Waals surface area contributed by atoms with Gasteiger partial charge >= 0.3 is 0 Å². The Hall–Kier alpha value is -1.08. The van der Waals surface area contributed by atoms with Crippen molar-refractivity contribution in [3.63, 3.8) is 0 Å². The fourth-order valence-electron chi connectivity index (χ4n) is 1.62. The number of aliphatic hydroxyl groups is 1. The van der Waals surface area contributed by atoms with Gasteiger partial charge in [-0.3, -0.25) is 0 Å². The average molecular weight is 188 g/mol. The van der Waals surface area contributed by atoms with E-state index < -0.39 is 0 Å². The maximum absolute atomic E-state index is 9.18. The molecule has 0 aliphatic heterocycles. The second kappa shape index (κ2) is 3.97. The van der Waals surface area contributed by atoms with Gasteiger partial charge in [-0.05, 0) is 36.8 Å². The Labute approximate surface area is 85.1 Å². The molecule has 0 atom stereocenters. The lowest BCUT2D eigenvalue weighted by Gasteiger charge is -2.01. The summed E-state index contributed by atoms with van der Waals surface area (Å²) >= 11 is 0. The van der Waals surface area contributed by atoms with Crippen molar-refractivity contribution >= 4 is 6.08 Å². The van der Waals surface area contributed by atoms with Gasteiger partial charge in [0.2, 0.25) is 0 Å². The van der Waals surface area contributed by atoms with Crippen LogP contribution >= 0.6 is 0 Å². The summed E-state index contributed by atoms with van der Waals surface area (Å²) in [7, 11) is 0. The van der Waals surface area contributed by atoms with Crippen LogP contribution in [-0.2, 0) is 0 Å². The Morgan fingerprint density at radius 1 is 1.36 bits per heavy atom. The van der Waals surface area contributed by atoms with Crippen LogP contribution in [0.5, 0.6) is 0 Å². The number of aliphatic hydroxyl groups excluding tert-OH is 1. The van der Waals surface area contributed by atoms with Gasteiger partial charge in [0.15, 0.2) is 0 Å². The van der Waals surface area contributed by atoms with Gasteiger partial charge < -0.3 is 5.11 Å². The Bertz CT molecular complexity index is 331. The molecule has 1 N–H and O–H groups in total. The molecule has 2 rings (SSSR count). The zero-order valence-corrected chi connectivity index (χ0v) is 8.53. The molecule has 0 aromatic heterocycles. The topological polar surface area (TPSA) is 20.2 Å². The number of rotatable bonds is 3. The van der Waals surface area contributed by atoms with Gasteiger partial charge in [-0.15, -0.1) is 0 Å². The molecule has 0 spiro atoms. The quantitative estimate of drug-likeness (QED) is 0.773. The molecule has 1 aromatic rings. The second-order valence-electron chi connectivity index (χ2n) is 4.06. The van der Waals surface area contributed by atoms with E-state index >= 15 is 0 Å². The van der Waals surface area contributed by atoms with Gasteiger partial charge in [0.25, 0.3) is 0 Å². The zero-order valence-electron chi connectivity index (χ0n) is 8.53. The van der Waals surface area contributed by atoms with E-state index in [1.807, 2.05) is 0 Å². The summed E-state index contributed by atoms with van der Waals surface area (Å²) in [5, 5.41) is 9.18. The van der Waals surface area contributed by atoms with Crippen LogP contribution in [0.3, 0.4) is 0 Å². The van der Waals surface area contributed by atoms with Gasteiger partial charge in [0.1, 0.15) is 0 Å². The van der Waals surface area contributed by atoms with Gasteiger partial charge in [0.05, 0.1) is 6.61 Å². The molecular weight excluding hydrogens is 172 g/mol. The lowest BCUT2D eigenvalue weighted by molar-refractivity contribution is 0.326. The SMILES string of the molecule is Cc1ccc(/C=C(\CO)C2CC2)cc1. The van der Waals surface area contributed by atoms with Crippen LogP contribution in [0.2, 0.25) is 0 Å². The monoisotopic (exact) mass is 188 g/mol. The molecule has 1 aromatic carbocycles. The van der Waals surface area contributed by atoms with Crippen molar-refractivity contribution in [3.8, 4) is 0 Å². The van der Waals surface area contributed by atoms with Crippen molar-refractivity contribution in [2.24, 2.45) is 5.92 Å². The van der Waals surface area contributed by atoms with Crippen molar-refractivity contribution in [3.05, 3.63) is 41.0 Å². The first-order chi connectivity index (χ1) is 6.79. The highest BCUT2D eigenvalue weighted by atomic mass is 16.3. The molecule has 0 unspecified atom stereocenters. The van der Waals surface area contributed by atoms with E-state index in [4.69, 9.17) is 0 Å². The molecule has 14 heavy (non-hydrogen) atoms. The second-order valence-corrected chi connectivity index (χ2v) is 4.06. The van der Waals surface area contributed by atoms with E-state index in [0.717, 1.165) is 0 Å². The standard InChI is InChI=1S/C13H16O/c1-10-2-4-11(5-3-10)8-13(9-14)12-6-7-12/h2-5,8,12,14H,6-7,9H2,1H3/b13-8+. The highest BCUT2D eigenvalue weighted by molar-refractivity contribution is 5.54.